The SMILES string of the molecule is CCCCCCCCCC(=O)O[C@H](C)Cc1ccccc1. The summed E-state index contributed by atoms with van der Waals surface area (Å²) in [5.41, 5.74) is 1.22. The smallest absolute Gasteiger partial charge is 0.306 e. The van der Waals surface area contributed by atoms with E-state index in [0.29, 0.717) is 6.42 Å². The molecular formula is C19H30O2. The molecule has 21 heavy (non-hydrogen) atoms. The fourth-order valence-corrected chi connectivity index (χ4v) is 2.50. The van der Waals surface area contributed by atoms with Gasteiger partial charge in [0.25, 0.3) is 0 Å². The lowest BCUT2D eigenvalue weighted by Gasteiger charge is -2.13. The Hall–Kier alpha value is -1.31. The highest BCUT2D eigenvalue weighted by Crippen LogP contribution is 2.10. The lowest BCUT2D eigenvalue weighted by Crippen LogP contribution is -2.17. The standard InChI is InChI=1S/C19H30O2/c1-3-4-5-6-7-8-12-15-19(20)21-17(2)16-18-13-10-9-11-14-18/h9-11,13-14,17H,3-8,12,15-16H2,1-2H3/t17-/m1/s1. The first kappa shape index (κ1) is 17.7. The Bertz CT molecular complexity index is 372. The van der Waals surface area contributed by atoms with E-state index in [-0.39, 0.29) is 12.1 Å². The van der Waals surface area contributed by atoms with Crippen molar-refractivity contribution >= 4 is 5.97 Å². The molecule has 118 valence electrons. The monoisotopic (exact) mass is 290 g/mol. The van der Waals surface area contributed by atoms with Gasteiger partial charge in [0.2, 0.25) is 0 Å². The van der Waals surface area contributed by atoms with Gasteiger partial charge in [0.1, 0.15) is 6.10 Å². The zero-order valence-electron chi connectivity index (χ0n) is 13.6. The first-order valence-electron chi connectivity index (χ1n) is 8.45. The lowest BCUT2D eigenvalue weighted by atomic mass is 10.1. The van der Waals surface area contributed by atoms with Gasteiger partial charge in [-0.15, -0.1) is 0 Å². The van der Waals surface area contributed by atoms with Gasteiger partial charge < -0.3 is 4.74 Å². The summed E-state index contributed by atoms with van der Waals surface area (Å²) in [5, 5.41) is 0. The van der Waals surface area contributed by atoms with Crippen molar-refractivity contribution in [3.8, 4) is 0 Å². The van der Waals surface area contributed by atoms with Gasteiger partial charge in [-0.2, -0.15) is 0 Å². The molecule has 0 bridgehead atoms. The third-order valence-electron chi connectivity index (χ3n) is 3.68. The van der Waals surface area contributed by atoms with Crippen molar-refractivity contribution < 1.29 is 9.53 Å². The maximum absolute atomic E-state index is 11.8. The Morgan fingerprint density at radius 2 is 1.62 bits per heavy atom. The quantitative estimate of drug-likeness (QED) is 0.408. The molecule has 0 aliphatic carbocycles. The molecule has 0 aliphatic rings. The molecule has 0 heterocycles. The average molecular weight is 290 g/mol. The Morgan fingerprint density at radius 3 is 2.29 bits per heavy atom. The van der Waals surface area contributed by atoms with Crippen molar-refractivity contribution in [2.75, 3.05) is 0 Å². The highest BCUT2D eigenvalue weighted by Gasteiger charge is 2.09. The first-order valence-corrected chi connectivity index (χ1v) is 8.45. The van der Waals surface area contributed by atoms with Crippen LogP contribution in [0.3, 0.4) is 0 Å². The van der Waals surface area contributed by atoms with Crippen LogP contribution in [-0.4, -0.2) is 12.1 Å². The summed E-state index contributed by atoms with van der Waals surface area (Å²) in [6.07, 6.45) is 9.91. The van der Waals surface area contributed by atoms with Crippen molar-refractivity contribution in [1.82, 2.24) is 0 Å². The predicted octanol–water partition coefficient (Wildman–Crippen LogP) is 5.30. The Balaban J connectivity index is 2.05. The number of carbonyl (C=O) groups is 1. The van der Waals surface area contributed by atoms with E-state index in [1.54, 1.807) is 0 Å². The lowest BCUT2D eigenvalue weighted by molar-refractivity contribution is -0.148. The molecule has 1 aromatic rings. The van der Waals surface area contributed by atoms with Crippen LogP contribution in [0.25, 0.3) is 0 Å². The zero-order chi connectivity index (χ0) is 15.3. The van der Waals surface area contributed by atoms with Gasteiger partial charge in [0.05, 0.1) is 0 Å². The minimum atomic E-state index is -0.0491. The number of hydrogen-bond donors (Lipinski definition) is 0. The fourth-order valence-electron chi connectivity index (χ4n) is 2.50. The molecule has 0 saturated heterocycles. The summed E-state index contributed by atoms with van der Waals surface area (Å²) in [7, 11) is 0. The number of carbonyl (C=O) groups excluding carboxylic acids is 1. The van der Waals surface area contributed by atoms with E-state index in [1.807, 2.05) is 25.1 Å². The third kappa shape index (κ3) is 9.28. The molecule has 2 heteroatoms. The van der Waals surface area contributed by atoms with Crippen LogP contribution < -0.4 is 0 Å². The Kier molecular flexibility index (Phi) is 9.60. The van der Waals surface area contributed by atoms with E-state index >= 15 is 0 Å². The van der Waals surface area contributed by atoms with Crippen molar-refractivity contribution in [2.24, 2.45) is 0 Å². The van der Waals surface area contributed by atoms with E-state index in [2.05, 4.69) is 19.1 Å². The summed E-state index contributed by atoms with van der Waals surface area (Å²) in [4.78, 5) is 11.8. The molecule has 1 rings (SSSR count). The first-order chi connectivity index (χ1) is 10.2. The second kappa shape index (κ2) is 11.4. The predicted molar refractivity (Wildman–Crippen MR) is 88.3 cm³/mol. The van der Waals surface area contributed by atoms with Crippen LogP contribution in [-0.2, 0) is 16.0 Å². The molecule has 0 N–H and O–H groups in total. The van der Waals surface area contributed by atoms with Crippen molar-refractivity contribution in [2.45, 2.75) is 77.7 Å². The zero-order valence-corrected chi connectivity index (χ0v) is 13.6. The van der Waals surface area contributed by atoms with Crippen LogP contribution >= 0.6 is 0 Å². The third-order valence-corrected chi connectivity index (χ3v) is 3.68. The highest BCUT2D eigenvalue weighted by atomic mass is 16.5. The number of benzene rings is 1. The van der Waals surface area contributed by atoms with Gasteiger partial charge in [0, 0.05) is 12.8 Å². The van der Waals surface area contributed by atoms with Gasteiger partial charge in [-0.1, -0.05) is 75.8 Å². The molecule has 0 radical (unpaired) electrons. The molecule has 0 unspecified atom stereocenters. The number of esters is 1. The number of hydrogen-bond acceptors (Lipinski definition) is 2. The molecule has 1 atom stereocenters. The molecular weight excluding hydrogens is 260 g/mol. The van der Waals surface area contributed by atoms with E-state index in [4.69, 9.17) is 4.74 Å². The summed E-state index contributed by atoms with van der Waals surface area (Å²) in [6.45, 7) is 4.20. The molecule has 0 aliphatic heterocycles. The molecule has 2 nitrogen and oxygen atoms in total. The second-order valence-electron chi connectivity index (χ2n) is 5.86. The maximum atomic E-state index is 11.8. The Labute approximate surface area is 129 Å². The van der Waals surface area contributed by atoms with Crippen LogP contribution in [0.5, 0.6) is 0 Å². The van der Waals surface area contributed by atoms with E-state index in [9.17, 15) is 4.79 Å². The largest absolute Gasteiger partial charge is 0.462 e. The van der Waals surface area contributed by atoms with Crippen molar-refractivity contribution in [3.05, 3.63) is 35.9 Å². The van der Waals surface area contributed by atoms with Crippen LogP contribution in [0.1, 0.15) is 70.8 Å². The van der Waals surface area contributed by atoms with Crippen LogP contribution in [0.4, 0.5) is 0 Å². The van der Waals surface area contributed by atoms with E-state index in [0.717, 1.165) is 19.3 Å². The highest BCUT2D eigenvalue weighted by molar-refractivity contribution is 5.69. The maximum Gasteiger partial charge on any atom is 0.306 e. The molecule has 0 saturated carbocycles. The van der Waals surface area contributed by atoms with Gasteiger partial charge in [-0.3, -0.25) is 4.79 Å². The van der Waals surface area contributed by atoms with E-state index < -0.39 is 0 Å². The summed E-state index contributed by atoms with van der Waals surface area (Å²) in [5.74, 6) is -0.0491. The van der Waals surface area contributed by atoms with E-state index in [1.165, 1.54) is 37.7 Å². The molecule has 1 aromatic carbocycles. The number of unbranched alkanes of at least 4 members (excludes halogenated alkanes) is 6. The van der Waals surface area contributed by atoms with Crippen LogP contribution in [0.2, 0.25) is 0 Å². The van der Waals surface area contributed by atoms with Crippen molar-refractivity contribution in [1.29, 1.82) is 0 Å². The molecule has 0 aromatic heterocycles. The summed E-state index contributed by atoms with van der Waals surface area (Å²) < 4.78 is 5.46. The van der Waals surface area contributed by atoms with Gasteiger partial charge in [-0.25, -0.2) is 0 Å². The van der Waals surface area contributed by atoms with Crippen LogP contribution in [0, 0.1) is 0 Å². The molecule has 0 spiro atoms. The normalized spacial score (nSPS) is 12.1. The van der Waals surface area contributed by atoms with Crippen LogP contribution in [0.15, 0.2) is 30.3 Å². The van der Waals surface area contributed by atoms with Gasteiger partial charge >= 0.3 is 5.97 Å². The number of rotatable bonds is 11. The molecule has 0 fully saturated rings. The van der Waals surface area contributed by atoms with Gasteiger partial charge in [0.15, 0.2) is 0 Å². The van der Waals surface area contributed by atoms with Gasteiger partial charge in [-0.05, 0) is 18.9 Å². The van der Waals surface area contributed by atoms with Crippen molar-refractivity contribution in [3.63, 3.8) is 0 Å². The minimum Gasteiger partial charge on any atom is -0.462 e. The fraction of sp³-hybridized carbons (Fsp3) is 0.632. The number of ether oxygens (including phenoxy) is 1. The topological polar surface area (TPSA) is 26.3 Å². The average Bonchev–Trinajstić information content (AvgIpc) is 2.47. The summed E-state index contributed by atoms with van der Waals surface area (Å²) >= 11 is 0. The second-order valence-corrected chi connectivity index (χ2v) is 5.86. The Morgan fingerprint density at radius 1 is 1.00 bits per heavy atom. The molecule has 0 amide bonds. The minimum absolute atomic E-state index is 0.0375. The summed E-state index contributed by atoms with van der Waals surface area (Å²) in [6, 6.07) is 10.2.